The first-order valence-electron chi connectivity index (χ1n) is 12.1. The van der Waals surface area contributed by atoms with Gasteiger partial charge in [-0.05, 0) is 39.3 Å². The van der Waals surface area contributed by atoms with Crippen molar-refractivity contribution in [1.82, 2.24) is 25.1 Å². The number of ether oxygens (including phenoxy) is 2. The molecule has 192 valence electrons. The second-order valence-electron chi connectivity index (χ2n) is 10.4. The van der Waals surface area contributed by atoms with Crippen LogP contribution in [0, 0.1) is 12.7 Å². The average Bonchev–Trinajstić information content (AvgIpc) is 3.26. The number of benzene rings is 2. The molecule has 0 radical (unpaired) electrons. The fourth-order valence-corrected chi connectivity index (χ4v) is 5.50. The highest BCUT2D eigenvalue weighted by atomic mass is 35.5. The highest BCUT2D eigenvalue weighted by Crippen LogP contribution is 2.49. The molecule has 0 aliphatic carbocycles. The van der Waals surface area contributed by atoms with Crippen molar-refractivity contribution in [2.24, 2.45) is 0 Å². The molecule has 1 N–H and O–H groups in total. The molecule has 2 aliphatic rings. The number of nitrogens with zero attached hydrogens (tertiary/aromatic N) is 5. The number of aromatic nitrogens is 4. The molecule has 1 amide bonds. The first-order chi connectivity index (χ1) is 17.6. The number of amides is 1. The van der Waals surface area contributed by atoms with E-state index in [1.54, 1.807) is 11.1 Å². The number of aryl methyl sites for hydroxylation is 1. The third-order valence-electron chi connectivity index (χ3n) is 6.81. The number of hydrogen-bond donors (Lipinski definition) is 1. The molecule has 0 bridgehead atoms. The average molecular weight is 525 g/mol. The van der Waals surface area contributed by atoms with Crippen LogP contribution >= 0.6 is 11.6 Å². The van der Waals surface area contributed by atoms with Gasteiger partial charge in [0.15, 0.2) is 11.6 Å². The summed E-state index contributed by atoms with van der Waals surface area (Å²) < 4.78 is 28.1. The Bertz CT molecular complexity index is 1570. The van der Waals surface area contributed by atoms with Crippen LogP contribution < -0.4 is 9.64 Å². The summed E-state index contributed by atoms with van der Waals surface area (Å²) in [5.41, 5.74) is 2.00. The van der Waals surface area contributed by atoms with E-state index in [2.05, 4.69) is 20.2 Å². The number of hydrogen-bond acceptors (Lipinski definition) is 7. The first kappa shape index (κ1) is 23.7. The number of anilines is 1. The topological polar surface area (TPSA) is 96.5 Å². The van der Waals surface area contributed by atoms with E-state index in [1.807, 2.05) is 44.7 Å². The molecule has 6 rings (SSSR count). The number of halogens is 2. The Hall–Kier alpha value is -3.66. The Kier molecular flexibility index (Phi) is 5.41. The monoisotopic (exact) mass is 524 g/mol. The highest BCUT2D eigenvalue weighted by molar-refractivity contribution is 6.37. The van der Waals surface area contributed by atoms with E-state index < -0.39 is 11.4 Å². The van der Waals surface area contributed by atoms with Gasteiger partial charge in [0.05, 0.1) is 28.2 Å². The molecule has 2 aliphatic heterocycles. The quantitative estimate of drug-likeness (QED) is 0.370. The van der Waals surface area contributed by atoms with Crippen molar-refractivity contribution in [3.8, 4) is 16.9 Å². The Morgan fingerprint density at radius 2 is 2.05 bits per heavy atom. The summed E-state index contributed by atoms with van der Waals surface area (Å²) in [7, 11) is 0. The second kappa shape index (κ2) is 8.44. The molecule has 11 heteroatoms. The summed E-state index contributed by atoms with van der Waals surface area (Å²) in [6, 6.07) is 3.56. The maximum Gasteiger partial charge on any atom is 0.410 e. The van der Waals surface area contributed by atoms with Gasteiger partial charge in [0, 0.05) is 36.1 Å². The van der Waals surface area contributed by atoms with E-state index in [9.17, 15) is 4.79 Å². The van der Waals surface area contributed by atoms with Crippen LogP contribution in [0.4, 0.5) is 15.0 Å². The minimum absolute atomic E-state index is 0.134. The van der Waals surface area contributed by atoms with Crippen molar-refractivity contribution < 1.29 is 18.7 Å². The van der Waals surface area contributed by atoms with Crippen LogP contribution in [0.15, 0.2) is 24.7 Å². The molecular formula is C26H26ClFN6O3. The van der Waals surface area contributed by atoms with Crippen molar-refractivity contribution in [1.29, 1.82) is 0 Å². The lowest BCUT2D eigenvalue weighted by Gasteiger charge is -2.41. The van der Waals surface area contributed by atoms with Crippen LogP contribution in [-0.2, 0) is 4.74 Å². The molecule has 2 aromatic heterocycles. The lowest BCUT2D eigenvalue weighted by atomic mass is 9.94. The van der Waals surface area contributed by atoms with E-state index in [4.69, 9.17) is 21.1 Å². The first-order valence-corrected chi connectivity index (χ1v) is 12.5. The third kappa shape index (κ3) is 3.81. The molecular weight excluding hydrogens is 499 g/mol. The van der Waals surface area contributed by atoms with Crippen molar-refractivity contribution >= 4 is 45.3 Å². The number of H-pyrrole nitrogens is 1. The summed E-state index contributed by atoms with van der Waals surface area (Å²) in [5, 5.41) is 8.39. The molecule has 0 saturated carbocycles. The number of carbonyl (C=O) groups is 1. The van der Waals surface area contributed by atoms with Gasteiger partial charge in [-0.15, -0.1) is 0 Å². The minimum atomic E-state index is -0.597. The summed E-state index contributed by atoms with van der Waals surface area (Å²) in [5.74, 6) is 0.331. The maximum atomic E-state index is 16.3. The van der Waals surface area contributed by atoms with Gasteiger partial charge >= 0.3 is 6.09 Å². The Morgan fingerprint density at radius 3 is 2.84 bits per heavy atom. The Labute approximate surface area is 217 Å². The predicted octanol–water partition coefficient (Wildman–Crippen LogP) is 5.09. The fraction of sp³-hybridized carbons (Fsp3) is 0.385. The summed E-state index contributed by atoms with van der Waals surface area (Å²) in [6.07, 6.45) is 2.64. The number of aromatic amines is 1. The van der Waals surface area contributed by atoms with E-state index >= 15 is 4.39 Å². The molecule has 37 heavy (non-hydrogen) atoms. The van der Waals surface area contributed by atoms with Crippen LogP contribution in [0.1, 0.15) is 26.3 Å². The van der Waals surface area contributed by atoms with Gasteiger partial charge in [-0.3, -0.25) is 5.10 Å². The van der Waals surface area contributed by atoms with Crippen LogP contribution in [0.25, 0.3) is 32.9 Å². The predicted molar refractivity (Wildman–Crippen MR) is 139 cm³/mol. The molecule has 2 aromatic carbocycles. The number of rotatable bonds is 1. The Morgan fingerprint density at radius 1 is 1.24 bits per heavy atom. The van der Waals surface area contributed by atoms with Crippen molar-refractivity contribution in [3.63, 3.8) is 0 Å². The molecule has 0 unspecified atom stereocenters. The van der Waals surface area contributed by atoms with E-state index in [0.717, 1.165) is 16.5 Å². The fourth-order valence-electron chi connectivity index (χ4n) is 5.17. The zero-order valence-electron chi connectivity index (χ0n) is 20.9. The van der Waals surface area contributed by atoms with Gasteiger partial charge in [-0.2, -0.15) is 5.10 Å². The lowest BCUT2D eigenvalue weighted by molar-refractivity contribution is 0.0202. The summed E-state index contributed by atoms with van der Waals surface area (Å²) in [4.78, 5) is 25.3. The number of piperazine rings is 1. The highest BCUT2D eigenvalue weighted by Gasteiger charge is 2.38. The van der Waals surface area contributed by atoms with Gasteiger partial charge in [0.1, 0.15) is 29.9 Å². The molecule has 0 spiro atoms. The standard InChI is InChI=1S/C26H26ClFN6O3/c1-13-5-6-16-15(9-31-32-16)17(13)18-20(27)23-19-22(21(18)28)29-12-30-24(19)34-8-7-33(10-14(34)11-36-23)25(35)37-26(2,3)4/h5-6,9,12,14H,7-8,10-11H2,1-4H3,(H,31,32)/t14-/m0/s1. The Balaban J connectivity index is 1.47. The van der Waals surface area contributed by atoms with Crippen LogP contribution in [0.5, 0.6) is 5.75 Å². The van der Waals surface area contributed by atoms with Crippen LogP contribution in [0.2, 0.25) is 5.02 Å². The molecule has 9 nitrogen and oxygen atoms in total. The number of carbonyl (C=O) groups excluding carboxylic acids is 1. The number of nitrogens with one attached hydrogen (secondary N) is 1. The zero-order valence-corrected chi connectivity index (χ0v) is 21.7. The van der Waals surface area contributed by atoms with Gasteiger partial charge in [0.25, 0.3) is 0 Å². The van der Waals surface area contributed by atoms with Crippen molar-refractivity contribution in [2.45, 2.75) is 39.3 Å². The second-order valence-corrected chi connectivity index (χ2v) is 10.8. The molecule has 4 heterocycles. The number of fused-ring (bicyclic) bond motifs is 3. The minimum Gasteiger partial charge on any atom is -0.489 e. The molecule has 1 atom stereocenters. The summed E-state index contributed by atoms with van der Waals surface area (Å²) in [6.45, 7) is 8.92. The van der Waals surface area contributed by atoms with Crippen LogP contribution in [0.3, 0.4) is 0 Å². The lowest BCUT2D eigenvalue weighted by Crippen LogP contribution is -2.57. The molecule has 1 fully saturated rings. The van der Waals surface area contributed by atoms with Gasteiger partial charge in [-0.1, -0.05) is 17.7 Å². The van der Waals surface area contributed by atoms with E-state index in [-0.39, 0.29) is 34.8 Å². The summed E-state index contributed by atoms with van der Waals surface area (Å²) >= 11 is 6.94. The third-order valence-corrected chi connectivity index (χ3v) is 7.17. The SMILES string of the molecule is Cc1ccc2[nH]ncc2c1-c1c(Cl)c2c3c(ncnc3c1F)N1CCN(C(=O)OC(C)(C)C)C[C@H]1CO2. The molecule has 4 aromatic rings. The zero-order chi connectivity index (χ0) is 26.1. The largest absolute Gasteiger partial charge is 0.489 e. The van der Waals surface area contributed by atoms with Crippen molar-refractivity contribution in [2.75, 3.05) is 31.1 Å². The van der Waals surface area contributed by atoms with E-state index in [1.165, 1.54) is 6.33 Å². The van der Waals surface area contributed by atoms with Gasteiger partial charge in [-0.25, -0.2) is 19.2 Å². The van der Waals surface area contributed by atoms with Gasteiger partial charge < -0.3 is 19.3 Å². The maximum absolute atomic E-state index is 16.3. The van der Waals surface area contributed by atoms with Crippen LogP contribution in [-0.4, -0.2) is 69.0 Å². The normalized spacial score (nSPS) is 17.5. The van der Waals surface area contributed by atoms with Crippen molar-refractivity contribution in [3.05, 3.63) is 41.1 Å². The molecule has 1 saturated heterocycles. The van der Waals surface area contributed by atoms with Gasteiger partial charge in [0.2, 0.25) is 0 Å². The van der Waals surface area contributed by atoms with E-state index in [0.29, 0.717) is 42.2 Å². The smallest absolute Gasteiger partial charge is 0.410 e.